The molecular weight excluding hydrogens is 462 g/mol. The Labute approximate surface area is 188 Å². The number of esters is 1. The van der Waals surface area contributed by atoms with Crippen LogP contribution < -0.4 is 10.1 Å². The molecule has 0 saturated carbocycles. The predicted octanol–water partition coefficient (Wildman–Crippen LogP) is 4.26. The number of carbonyl (C=O) groups excluding carboxylic acids is 1. The lowest BCUT2D eigenvalue weighted by molar-refractivity contribution is -0.143. The molecule has 4 rings (SSSR count). The van der Waals surface area contributed by atoms with Gasteiger partial charge in [0.2, 0.25) is 5.95 Å². The van der Waals surface area contributed by atoms with Crippen molar-refractivity contribution >= 4 is 27.8 Å². The molecule has 160 valence electrons. The van der Waals surface area contributed by atoms with Crippen LogP contribution in [0.1, 0.15) is 37.9 Å². The van der Waals surface area contributed by atoms with Crippen molar-refractivity contribution < 1.29 is 14.3 Å². The second-order valence-electron chi connectivity index (χ2n) is 7.42. The van der Waals surface area contributed by atoms with Gasteiger partial charge < -0.3 is 14.8 Å². The summed E-state index contributed by atoms with van der Waals surface area (Å²) >= 11 is 3.54. The van der Waals surface area contributed by atoms with Crippen LogP contribution in [0.25, 0.3) is 0 Å². The Morgan fingerprint density at radius 2 is 2.00 bits per heavy atom. The number of nitrogens with zero attached hydrogens (tertiary/aromatic N) is 4. The average Bonchev–Trinajstić information content (AvgIpc) is 3.20. The Kier molecular flexibility index (Phi) is 6.03. The number of hydrogen-bond donors (Lipinski definition) is 1. The molecule has 1 aromatic heterocycles. The molecule has 0 aliphatic carbocycles. The highest BCUT2D eigenvalue weighted by Crippen LogP contribution is 2.40. The maximum Gasteiger partial charge on any atom is 0.338 e. The third kappa shape index (κ3) is 4.46. The Hall–Kier alpha value is -3.20. The van der Waals surface area contributed by atoms with E-state index in [9.17, 15) is 4.79 Å². The van der Waals surface area contributed by atoms with Gasteiger partial charge in [0.15, 0.2) is 0 Å². The minimum atomic E-state index is -0.610. The van der Waals surface area contributed by atoms with Crippen LogP contribution in [0.4, 0.5) is 5.95 Å². The van der Waals surface area contributed by atoms with Crippen molar-refractivity contribution in [3.63, 3.8) is 0 Å². The van der Waals surface area contributed by atoms with Gasteiger partial charge in [0, 0.05) is 15.7 Å². The monoisotopic (exact) mass is 483 g/mol. The fourth-order valence-corrected chi connectivity index (χ4v) is 3.82. The molecule has 1 N–H and O–H groups in total. The van der Waals surface area contributed by atoms with E-state index in [1.807, 2.05) is 69.3 Å². The average molecular weight is 484 g/mol. The number of rotatable bonds is 6. The molecule has 1 aliphatic heterocycles. The standard InChI is InChI=1S/C22H22BrN5O3/c1-13(2)31-21(29)19-14(3)24-22-25-26-27-28(22)20(19)17-11-16(23)9-10-18(17)30-12-15-7-5-4-6-8-15/h4-11,13,20H,12H2,1-3H3,(H,24,25,27). The van der Waals surface area contributed by atoms with Crippen molar-refractivity contribution in [2.75, 3.05) is 5.32 Å². The Morgan fingerprint density at radius 3 is 2.74 bits per heavy atom. The SMILES string of the molecule is CC1=C(C(=O)OC(C)C)C(c2cc(Br)ccc2OCc2ccccc2)n2nnnc2N1. The summed E-state index contributed by atoms with van der Waals surface area (Å²) in [4.78, 5) is 13.1. The third-order valence-corrected chi connectivity index (χ3v) is 5.27. The van der Waals surface area contributed by atoms with Crippen LogP contribution in [-0.4, -0.2) is 32.3 Å². The normalized spacial score (nSPS) is 15.5. The molecule has 0 bridgehead atoms. The van der Waals surface area contributed by atoms with E-state index in [2.05, 4.69) is 36.8 Å². The van der Waals surface area contributed by atoms with E-state index in [0.717, 1.165) is 15.6 Å². The molecule has 1 unspecified atom stereocenters. The van der Waals surface area contributed by atoms with Crippen molar-refractivity contribution in [1.82, 2.24) is 20.2 Å². The number of tetrazole rings is 1. The van der Waals surface area contributed by atoms with E-state index in [0.29, 0.717) is 29.6 Å². The topological polar surface area (TPSA) is 91.2 Å². The van der Waals surface area contributed by atoms with Gasteiger partial charge in [0.05, 0.1) is 11.7 Å². The third-order valence-electron chi connectivity index (χ3n) is 4.78. The van der Waals surface area contributed by atoms with Gasteiger partial charge >= 0.3 is 5.97 Å². The Morgan fingerprint density at radius 1 is 1.23 bits per heavy atom. The highest BCUT2D eigenvalue weighted by Gasteiger charge is 2.37. The highest BCUT2D eigenvalue weighted by atomic mass is 79.9. The van der Waals surface area contributed by atoms with Crippen LogP contribution in [0.5, 0.6) is 5.75 Å². The van der Waals surface area contributed by atoms with E-state index in [1.165, 1.54) is 0 Å². The number of allylic oxidation sites excluding steroid dienone is 1. The van der Waals surface area contributed by atoms with Crippen LogP contribution >= 0.6 is 15.9 Å². The van der Waals surface area contributed by atoms with Crippen LogP contribution in [0.2, 0.25) is 0 Å². The quantitative estimate of drug-likeness (QED) is 0.523. The van der Waals surface area contributed by atoms with Gasteiger partial charge in [0.1, 0.15) is 18.4 Å². The number of ether oxygens (including phenoxy) is 2. The summed E-state index contributed by atoms with van der Waals surface area (Å²) in [5.74, 6) is 0.640. The Bertz CT molecular complexity index is 1130. The van der Waals surface area contributed by atoms with Crippen LogP contribution in [0, 0.1) is 0 Å². The first kappa shape index (κ1) is 21.0. The number of aromatic nitrogens is 4. The molecule has 1 atom stereocenters. The number of benzene rings is 2. The lowest BCUT2D eigenvalue weighted by Crippen LogP contribution is -2.31. The van der Waals surface area contributed by atoms with Crippen molar-refractivity contribution in [1.29, 1.82) is 0 Å². The zero-order valence-electron chi connectivity index (χ0n) is 17.4. The molecule has 0 spiro atoms. The molecule has 1 aliphatic rings. The molecule has 2 aromatic carbocycles. The summed E-state index contributed by atoms with van der Waals surface area (Å²) in [6.45, 7) is 5.83. The summed E-state index contributed by atoms with van der Waals surface area (Å²) in [6, 6.07) is 15.0. The predicted molar refractivity (Wildman–Crippen MR) is 118 cm³/mol. The number of nitrogens with one attached hydrogen (secondary N) is 1. The van der Waals surface area contributed by atoms with Crippen molar-refractivity contribution in [3.8, 4) is 5.75 Å². The van der Waals surface area contributed by atoms with Gasteiger partial charge in [-0.2, -0.15) is 4.68 Å². The minimum absolute atomic E-state index is 0.264. The number of carbonyl (C=O) groups is 1. The van der Waals surface area contributed by atoms with Crippen molar-refractivity contribution in [3.05, 3.63) is 75.4 Å². The number of hydrogen-bond acceptors (Lipinski definition) is 7. The summed E-state index contributed by atoms with van der Waals surface area (Å²) in [6.07, 6.45) is -0.264. The smallest absolute Gasteiger partial charge is 0.338 e. The highest BCUT2D eigenvalue weighted by molar-refractivity contribution is 9.10. The second-order valence-corrected chi connectivity index (χ2v) is 8.34. The first-order chi connectivity index (χ1) is 14.9. The minimum Gasteiger partial charge on any atom is -0.489 e. The molecular formula is C22H22BrN5O3. The zero-order valence-corrected chi connectivity index (χ0v) is 19.0. The Balaban J connectivity index is 1.78. The lowest BCUT2D eigenvalue weighted by atomic mass is 9.95. The fraction of sp³-hybridized carbons (Fsp3) is 0.273. The number of anilines is 1. The summed E-state index contributed by atoms with van der Waals surface area (Å²) in [7, 11) is 0. The molecule has 0 saturated heterocycles. The van der Waals surface area contributed by atoms with E-state index in [4.69, 9.17) is 9.47 Å². The van der Waals surface area contributed by atoms with Gasteiger partial charge in [0.25, 0.3) is 0 Å². The number of fused-ring (bicyclic) bond motifs is 1. The fourth-order valence-electron chi connectivity index (χ4n) is 3.44. The van der Waals surface area contributed by atoms with Crippen LogP contribution in [0.15, 0.2) is 64.3 Å². The van der Waals surface area contributed by atoms with Crippen molar-refractivity contribution in [2.24, 2.45) is 0 Å². The molecule has 8 nitrogen and oxygen atoms in total. The van der Waals surface area contributed by atoms with Crippen molar-refractivity contribution in [2.45, 2.75) is 39.5 Å². The van der Waals surface area contributed by atoms with E-state index in [-0.39, 0.29) is 6.10 Å². The summed E-state index contributed by atoms with van der Waals surface area (Å²) < 4.78 is 14.1. The molecule has 31 heavy (non-hydrogen) atoms. The van der Waals surface area contributed by atoms with Gasteiger partial charge in [-0.15, -0.1) is 0 Å². The molecule has 0 radical (unpaired) electrons. The lowest BCUT2D eigenvalue weighted by Gasteiger charge is -2.29. The first-order valence-corrected chi connectivity index (χ1v) is 10.7. The van der Waals surface area contributed by atoms with Gasteiger partial charge in [-0.05, 0) is 55.0 Å². The molecule has 0 amide bonds. The van der Waals surface area contributed by atoms with Gasteiger partial charge in [-0.25, -0.2) is 4.79 Å². The molecule has 2 heterocycles. The van der Waals surface area contributed by atoms with Gasteiger partial charge in [-0.3, -0.25) is 0 Å². The molecule has 9 heteroatoms. The second kappa shape index (κ2) is 8.89. The zero-order chi connectivity index (χ0) is 22.0. The van der Waals surface area contributed by atoms with E-state index < -0.39 is 12.0 Å². The van der Waals surface area contributed by atoms with Gasteiger partial charge in [-0.1, -0.05) is 51.4 Å². The van der Waals surface area contributed by atoms with Crippen LogP contribution in [-0.2, 0) is 16.1 Å². The largest absolute Gasteiger partial charge is 0.489 e. The number of halogens is 1. The van der Waals surface area contributed by atoms with Crippen LogP contribution in [0.3, 0.4) is 0 Å². The van der Waals surface area contributed by atoms with E-state index in [1.54, 1.807) is 4.68 Å². The summed E-state index contributed by atoms with van der Waals surface area (Å²) in [5.41, 5.74) is 2.84. The molecule has 3 aromatic rings. The maximum absolute atomic E-state index is 13.1. The van der Waals surface area contributed by atoms with E-state index >= 15 is 0 Å². The maximum atomic E-state index is 13.1. The first-order valence-electron chi connectivity index (χ1n) is 9.87. The summed E-state index contributed by atoms with van der Waals surface area (Å²) in [5, 5.41) is 15.0. The molecule has 0 fully saturated rings.